The van der Waals surface area contributed by atoms with Crippen LogP contribution in [0.15, 0.2) is 65.7 Å². The smallest absolute Gasteiger partial charge is 0.126 e. The largest absolute Gasteiger partial charge is 0.367 e. The molecule has 32 heavy (non-hydrogen) atoms. The molecular weight excluding hydrogens is 417 g/mol. The molecule has 5 heteroatoms. The topological polar surface area (TPSA) is 19.4 Å². The highest BCUT2D eigenvalue weighted by Gasteiger charge is 2.36. The van der Waals surface area contributed by atoms with Gasteiger partial charge in [-0.3, -0.25) is 9.88 Å². The van der Waals surface area contributed by atoms with E-state index in [1.807, 2.05) is 23.9 Å². The van der Waals surface area contributed by atoms with Crippen molar-refractivity contribution in [2.24, 2.45) is 11.8 Å². The van der Waals surface area contributed by atoms with Crippen LogP contribution in [-0.2, 0) is 0 Å². The third-order valence-corrected chi connectivity index (χ3v) is 8.99. The van der Waals surface area contributed by atoms with E-state index in [4.69, 9.17) is 0 Å². The van der Waals surface area contributed by atoms with E-state index in [1.165, 1.54) is 25.7 Å². The van der Waals surface area contributed by atoms with E-state index < -0.39 is 0 Å². The zero-order chi connectivity index (χ0) is 21.5. The summed E-state index contributed by atoms with van der Waals surface area (Å²) in [4.78, 5) is 9.55. The van der Waals surface area contributed by atoms with Gasteiger partial charge >= 0.3 is 0 Å². The molecule has 6 rings (SSSR count). The summed E-state index contributed by atoms with van der Waals surface area (Å²) in [5.41, 5.74) is 3.54. The van der Waals surface area contributed by atoms with Crippen LogP contribution in [0.5, 0.6) is 0 Å². The van der Waals surface area contributed by atoms with Gasteiger partial charge in [-0.15, -0.1) is 11.8 Å². The molecule has 1 saturated carbocycles. The van der Waals surface area contributed by atoms with E-state index in [0.717, 1.165) is 48.7 Å². The van der Waals surface area contributed by atoms with E-state index in [9.17, 15) is 4.39 Å². The minimum Gasteiger partial charge on any atom is -0.367 e. The molecule has 2 unspecified atom stereocenters. The maximum Gasteiger partial charge on any atom is 0.126 e. The van der Waals surface area contributed by atoms with Crippen LogP contribution in [0.25, 0.3) is 10.9 Å². The second-order valence-electron chi connectivity index (χ2n) is 9.54. The molecule has 1 aromatic carbocycles. The standard InChI is InChI=1S/C27H30FN3S/c28-21-16-20-4-3-11-29-27(20)25(17-21)31-14-12-30(13-15-31)22-9-7-19(8-10-22)24-18-32-26-6-2-1-5-23(24)26/h1-6,11,16-19,22-23,26H,7-10,12-15H2. The SMILES string of the molecule is Fc1cc(N2CCN(C3CCC(C4=CSC5C=CC=CC45)CC3)CC2)c2ncccc2c1. The minimum absolute atomic E-state index is 0.175. The summed E-state index contributed by atoms with van der Waals surface area (Å²) < 4.78 is 14.2. The molecule has 1 saturated heterocycles. The highest BCUT2D eigenvalue weighted by atomic mass is 32.2. The number of pyridine rings is 1. The van der Waals surface area contributed by atoms with Crippen molar-refractivity contribution in [3.63, 3.8) is 0 Å². The second kappa shape index (κ2) is 8.68. The van der Waals surface area contributed by atoms with Crippen molar-refractivity contribution >= 4 is 28.4 Å². The van der Waals surface area contributed by atoms with Crippen LogP contribution >= 0.6 is 11.8 Å². The fraction of sp³-hybridized carbons (Fsp3) is 0.444. The number of benzene rings is 1. The van der Waals surface area contributed by atoms with Crippen LogP contribution in [0.2, 0.25) is 0 Å². The number of piperazine rings is 1. The molecule has 0 radical (unpaired) electrons. The number of nitrogens with zero attached hydrogens (tertiary/aromatic N) is 3. The number of hydrogen-bond acceptors (Lipinski definition) is 4. The Kier molecular flexibility index (Phi) is 5.56. The number of anilines is 1. The highest BCUT2D eigenvalue weighted by molar-refractivity contribution is 8.03. The van der Waals surface area contributed by atoms with Gasteiger partial charge in [0.05, 0.1) is 11.2 Å². The molecule has 0 bridgehead atoms. The monoisotopic (exact) mass is 447 g/mol. The van der Waals surface area contributed by atoms with Gasteiger partial charge in [0, 0.05) is 55.0 Å². The van der Waals surface area contributed by atoms with Crippen molar-refractivity contribution in [1.82, 2.24) is 9.88 Å². The molecule has 2 fully saturated rings. The number of rotatable bonds is 3. The summed E-state index contributed by atoms with van der Waals surface area (Å²) in [6.45, 7) is 3.99. The summed E-state index contributed by atoms with van der Waals surface area (Å²) >= 11 is 2.01. The quantitative estimate of drug-likeness (QED) is 0.592. The predicted molar refractivity (Wildman–Crippen MR) is 132 cm³/mol. The Bertz CT molecular complexity index is 1080. The van der Waals surface area contributed by atoms with Crippen molar-refractivity contribution in [3.05, 3.63) is 71.6 Å². The highest BCUT2D eigenvalue weighted by Crippen LogP contribution is 2.46. The number of halogens is 1. The summed E-state index contributed by atoms with van der Waals surface area (Å²) in [5, 5.41) is 3.98. The first-order valence-corrected chi connectivity index (χ1v) is 12.9. The maximum atomic E-state index is 14.2. The molecule has 2 atom stereocenters. The molecule has 0 amide bonds. The van der Waals surface area contributed by atoms with Crippen LogP contribution in [0.3, 0.4) is 0 Å². The first-order valence-electron chi connectivity index (χ1n) is 12.0. The third kappa shape index (κ3) is 3.80. The van der Waals surface area contributed by atoms with Crippen LogP contribution < -0.4 is 4.90 Å². The van der Waals surface area contributed by atoms with Crippen LogP contribution in [0, 0.1) is 17.7 Å². The van der Waals surface area contributed by atoms with Gasteiger partial charge in [-0.1, -0.05) is 35.9 Å². The molecular formula is C27H30FN3S. The molecule has 3 nitrogen and oxygen atoms in total. The van der Waals surface area contributed by atoms with Gasteiger partial charge < -0.3 is 4.90 Å². The van der Waals surface area contributed by atoms with Crippen LogP contribution in [0.4, 0.5) is 10.1 Å². The van der Waals surface area contributed by atoms with Gasteiger partial charge in [0.15, 0.2) is 0 Å². The molecule has 166 valence electrons. The first-order chi connectivity index (χ1) is 15.8. The number of aromatic nitrogens is 1. The Morgan fingerprint density at radius 2 is 1.78 bits per heavy atom. The van der Waals surface area contributed by atoms with Crippen molar-refractivity contribution in [2.75, 3.05) is 31.1 Å². The molecule has 4 aliphatic rings. The molecule has 2 aromatic rings. The number of hydrogen-bond donors (Lipinski definition) is 0. The fourth-order valence-corrected chi connectivity index (χ4v) is 7.36. The summed E-state index contributed by atoms with van der Waals surface area (Å²) in [5.74, 6) is 1.21. The minimum atomic E-state index is -0.175. The Morgan fingerprint density at radius 3 is 2.62 bits per heavy atom. The van der Waals surface area contributed by atoms with E-state index >= 15 is 0 Å². The van der Waals surface area contributed by atoms with Gasteiger partial charge in [0.25, 0.3) is 0 Å². The Morgan fingerprint density at radius 1 is 0.969 bits per heavy atom. The Balaban J connectivity index is 1.07. The Hall–Kier alpha value is -2.11. The fourth-order valence-electron chi connectivity index (χ4n) is 6.10. The zero-order valence-electron chi connectivity index (χ0n) is 18.4. The van der Waals surface area contributed by atoms with E-state index in [1.54, 1.807) is 23.9 Å². The van der Waals surface area contributed by atoms with Gasteiger partial charge in [-0.05, 0) is 55.2 Å². The molecule has 2 aliphatic carbocycles. The summed E-state index contributed by atoms with van der Waals surface area (Å²) in [6.07, 6.45) is 16.2. The number of allylic oxidation sites excluding steroid dienone is 4. The normalized spacial score (nSPS) is 30.5. The lowest BCUT2D eigenvalue weighted by molar-refractivity contribution is 0.134. The van der Waals surface area contributed by atoms with E-state index in [0.29, 0.717) is 17.2 Å². The van der Waals surface area contributed by atoms with Crippen molar-refractivity contribution in [3.8, 4) is 0 Å². The van der Waals surface area contributed by atoms with E-state index in [2.05, 4.69) is 44.5 Å². The Labute approximate surface area is 194 Å². The molecule has 2 aliphatic heterocycles. The molecule has 1 aromatic heterocycles. The molecule has 0 spiro atoms. The van der Waals surface area contributed by atoms with Crippen molar-refractivity contribution in [2.45, 2.75) is 37.0 Å². The van der Waals surface area contributed by atoms with Crippen molar-refractivity contribution in [1.29, 1.82) is 0 Å². The third-order valence-electron chi connectivity index (χ3n) is 7.82. The maximum absolute atomic E-state index is 14.2. The van der Waals surface area contributed by atoms with E-state index in [-0.39, 0.29) is 5.82 Å². The van der Waals surface area contributed by atoms with Crippen LogP contribution in [-0.4, -0.2) is 47.4 Å². The number of thioether (sulfide) groups is 1. The molecule has 3 heterocycles. The predicted octanol–water partition coefficient (Wildman–Crippen LogP) is 5.80. The lowest BCUT2D eigenvalue weighted by Crippen LogP contribution is -2.51. The summed E-state index contributed by atoms with van der Waals surface area (Å²) in [6, 6.07) is 7.76. The van der Waals surface area contributed by atoms with Crippen LogP contribution in [0.1, 0.15) is 25.7 Å². The van der Waals surface area contributed by atoms with Gasteiger partial charge in [-0.2, -0.15) is 0 Å². The second-order valence-corrected chi connectivity index (χ2v) is 10.6. The first kappa shape index (κ1) is 20.5. The number of fused-ring (bicyclic) bond motifs is 2. The summed E-state index contributed by atoms with van der Waals surface area (Å²) in [7, 11) is 0. The average molecular weight is 448 g/mol. The lowest BCUT2D eigenvalue weighted by atomic mass is 9.76. The van der Waals surface area contributed by atoms with Gasteiger partial charge in [-0.25, -0.2) is 4.39 Å². The van der Waals surface area contributed by atoms with Crippen molar-refractivity contribution < 1.29 is 4.39 Å². The zero-order valence-corrected chi connectivity index (χ0v) is 19.2. The van der Waals surface area contributed by atoms with Gasteiger partial charge in [0.2, 0.25) is 0 Å². The molecule has 0 N–H and O–H groups in total. The average Bonchev–Trinajstić information content (AvgIpc) is 3.28. The lowest BCUT2D eigenvalue weighted by Gasteiger charge is -2.43. The van der Waals surface area contributed by atoms with Gasteiger partial charge in [0.1, 0.15) is 5.82 Å².